The minimum atomic E-state index is -0.281. The van der Waals surface area contributed by atoms with Gasteiger partial charge in [0.1, 0.15) is 12.5 Å². The molecule has 2 rings (SSSR count). The molecular weight excluding hydrogens is 328 g/mol. The molecule has 152 valence electrons. The van der Waals surface area contributed by atoms with Crippen LogP contribution in [0, 0.1) is 35.5 Å². The van der Waals surface area contributed by atoms with Crippen molar-refractivity contribution in [1.29, 1.82) is 0 Å². The summed E-state index contributed by atoms with van der Waals surface area (Å²) in [6.45, 7) is 17.5. The van der Waals surface area contributed by atoms with Crippen molar-refractivity contribution in [3.63, 3.8) is 0 Å². The van der Waals surface area contributed by atoms with Crippen LogP contribution >= 0.6 is 0 Å². The van der Waals surface area contributed by atoms with Crippen molar-refractivity contribution in [1.82, 2.24) is 0 Å². The predicted octanol–water partition coefficient (Wildman–Crippen LogP) is 5.33. The van der Waals surface area contributed by atoms with Crippen molar-refractivity contribution in [3.8, 4) is 0 Å². The second kappa shape index (κ2) is 10.5. The third kappa shape index (κ3) is 5.35. The number of rotatable bonds is 3. The van der Waals surface area contributed by atoms with E-state index >= 15 is 0 Å². The molecule has 2 aliphatic heterocycles. The van der Waals surface area contributed by atoms with Crippen LogP contribution < -0.4 is 5.73 Å². The highest BCUT2D eigenvalue weighted by molar-refractivity contribution is 4.84. The van der Waals surface area contributed by atoms with E-state index in [0.717, 1.165) is 12.8 Å². The first kappa shape index (κ1) is 23.2. The molecule has 0 bridgehead atoms. The molecule has 4 unspecified atom stereocenters. The Morgan fingerprint density at radius 2 is 1.23 bits per heavy atom. The molecule has 26 heavy (non-hydrogen) atoms. The van der Waals surface area contributed by atoms with Crippen molar-refractivity contribution in [2.24, 2.45) is 46.4 Å². The average molecular weight is 369 g/mol. The van der Waals surface area contributed by atoms with Crippen molar-refractivity contribution < 1.29 is 9.47 Å². The van der Waals surface area contributed by atoms with Gasteiger partial charge in [0.25, 0.3) is 0 Å². The van der Waals surface area contributed by atoms with Crippen LogP contribution in [0.3, 0.4) is 0 Å². The van der Waals surface area contributed by atoms with E-state index in [1.807, 2.05) is 0 Å². The minimum absolute atomic E-state index is 0.0545. The fourth-order valence-electron chi connectivity index (χ4n) is 4.19. The molecule has 0 aromatic carbocycles. The van der Waals surface area contributed by atoms with E-state index in [1.165, 1.54) is 0 Å². The second-order valence-corrected chi connectivity index (χ2v) is 8.38. The topological polar surface area (TPSA) is 93.2 Å². The summed E-state index contributed by atoms with van der Waals surface area (Å²) in [4.78, 5) is 2.84. The number of hydrogen-bond acceptors (Lipinski definition) is 4. The van der Waals surface area contributed by atoms with Crippen molar-refractivity contribution in [2.45, 2.75) is 92.9 Å². The fraction of sp³-hybridized carbons (Fsp3) is 1.00. The van der Waals surface area contributed by atoms with Crippen LogP contribution in [0.25, 0.3) is 10.4 Å². The van der Waals surface area contributed by atoms with Gasteiger partial charge in [-0.1, -0.05) is 60.5 Å². The molecule has 0 spiro atoms. The molecule has 6 nitrogen and oxygen atoms in total. The molecule has 0 saturated carbocycles. The summed E-state index contributed by atoms with van der Waals surface area (Å²) < 4.78 is 11.5. The number of nitrogens with two attached hydrogens (primary N) is 1. The van der Waals surface area contributed by atoms with Crippen LogP contribution in [0.1, 0.15) is 68.2 Å². The molecule has 6 heteroatoms. The predicted molar refractivity (Wildman–Crippen MR) is 106 cm³/mol. The van der Waals surface area contributed by atoms with Crippen molar-refractivity contribution in [3.05, 3.63) is 10.4 Å². The van der Waals surface area contributed by atoms with Gasteiger partial charge in [0.05, 0.1) is 12.2 Å². The summed E-state index contributed by atoms with van der Waals surface area (Å²) in [6.07, 6.45) is 2.32. The number of azide groups is 1. The summed E-state index contributed by atoms with van der Waals surface area (Å²) >= 11 is 0. The van der Waals surface area contributed by atoms with Crippen LogP contribution in [0.5, 0.6) is 0 Å². The van der Waals surface area contributed by atoms with Gasteiger partial charge in [0.15, 0.2) is 0 Å². The third-order valence-electron chi connectivity index (χ3n) is 7.07. The largest absolute Gasteiger partial charge is 0.368 e. The number of hydrogen-bond donors (Lipinski definition) is 1. The number of ether oxygens (including phenoxy) is 2. The van der Waals surface area contributed by atoms with Crippen LogP contribution in [-0.4, -0.2) is 24.7 Å². The van der Waals surface area contributed by atoms with Gasteiger partial charge >= 0.3 is 0 Å². The van der Waals surface area contributed by atoms with Gasteiger partial charge in [-0.3, -0.25) is 0 Å². The zero-order chi connectivity index (χ0) is 20.0. The maximum atomic E-state index is 8.43. The van der Waals surface area contributed by atoms with E-state index in [-0.39, 0.29) is 18.6 Å². The van der Waals surface area contributed by atoms with Crippen LogP contribution in [0.4, 0.5) is 0 Å². The van der Waals surface area contributed by atoms with Gasteiger partial charge in [-0.05, 0) is 53.9 Å². The highest BCUT2D eigenvalue weighted by Gasteiger charge is 2.37. The van der Waals surface area contributed by atoms with Gasteiger partial charge in [-0.25, -0.2) is 0 Å². The third-order valence-corrected chi connectivity index (χ3v) is 7.07. The quantitative estimate of drug-likeness (QED) is 0.414. The Balaban J connectivity index is 0.000000263. The highest BCUT2D eigenvalue weighted by Crippen LogP contribution is 2.36. The molecular formula is C20H40N4O2. The molecule has 2 aliphatic rings. The standard InChI is InChI=1S/C10H19N3O.C10H21NO/c1-5-9-7(3)6(2)8(4)10(14-9)12-13-11;1-5-9-7(3)6(2)8(4)10(11)12-9/h6-10H,5H2,1-4H3;6-10H,5,11H2,1-4H3/t2*6-,7-,8?,9?,10+/m00/s1. The summed E-state index contributed by atoms with van der Waals surface area (Å²) in [5, 5.41) is 3.71. The molecule has 2 saturated heterocycles. The summed E-state index contributed by atoms with van der Waals surface area (Å²) in [5.74, 6) is 3.21. The zero-order valence-electron chi connectivity index (χ0n) is 17.9. The summed E-state index contributed by atoms with van der Waals surface area (Å²) in [6, 6.07) is 0. The molecule has 2 heterocycles. The second-order valence-electron chi connectivity index (χ2n) is 8.38. The van der Waals surface area contributed by atoms with E-state index < -0.39 is 0 Å². The lowest BCUT2D eigenvalue weighted by molar-refractivity contribution is -0.130. The van der Waals surface area contributed by atoms with Crippen molar-refractivity contribution >= 4 is 0 Å². The van der Waals surface area contributed by atoms with E-state index in [4.69, 9.17) is 20.7 Å². The minimum Gasteiger partial charge on any atom is -0.368 e. The van der Waals surface area contributed by atoms with Gasteiger partial charge in [-0.15, -0.1) is 0 Å². The van der Waals surface area contributed by atoms with E-state index in [2.05, 4.69) is 65.4 Å². The van der Waals surface area contributed by atoms with Crippen molar-refractivity contribution in [2.75, 3.05) is 0 Å². The van der Waals surface area contributed by atoms with Gasteiger partial charge in [0.2, 0.25) is 0 Å². The Kier molecular flexibility index (Phi) is 9.39. The molecule has 0 aliphatic carbocycles. The number of nitrogens with zero attached hydrogens (tertiary/aromatic N) is 3. The molecule has 0 aromatic rings. The maximum absolute atomic E-state index is 8.43. The van der Waals surface area contributed by atoms with Crippen LogP contribution in [0.2, 0.25) is 0 Å². The Morgan fingerprint density at radius 1 is 0.769 bits per heavy atom. The average Bonchev–Trinajstić information content (AvgIpc) is 2.64. The van der Waals surface area contributed by atoms with E-state index in [9.17, 15) is 0 Å². The summed E-state index contributed by atoms with van der Waals surface area (Å²) in [7, 11) is 0. The lowest BCUT2D eigenvalue weighted by atomic mass is 9.78. The first-order chi connectivity index (χ1) is 12.2. The first-order valence-electron chi connectivity index (χ1n) is 10.3. The Bertz CT molecular complexity index is 462. The van der Waals surface area contributed by atoms with Crippen LogP contribution in [0.15, 0.2) is 5.11 Å². The smallest absolute Gasteiger partial charge is 0.139 e. The molecule has 10 atom stereocenters. The SMILES string of the molecule is CCC1O[C@@H](N)C(C)[C@@H](C)[C@@H]1C.CCC1O[C@@H](N=[N+]=[N-])C(C)[C@@H](C)[C@@H]1C. The van der Waals surface area contributed by atoms with Gasteiger partial charge in [0, 0.05) is 4.91 Å². The first-order valence-corrected chi connectivity index (χ1v) is 10.3. The fourth-order valence-corrected chi connectivity index (χ4v) is 4.19. The maximum Gasteiger partial charge on any atom is 0.139 e. The summed E-state index contributed by atoms with van der Waals surface area (Å²) in [5.41, 5.74) is 14.3. The Morgan fingerprint density at radius 3 is 1.69 bits per heavy atom. The normalized spacial score (nSPS) is 45.9. The Labute approximate surface area is 159 Å². The molecule has 0 aromatic heterocycles. The van der Waals surface area contributed by atoms with E-state index in [1.54, 1.807) is 0 Å². The van der Waals surface area contributed by atoms with Crippen LogP contribution in [-0.2, 0) is 9.47 Å². The lowest BCUT2D eigenvalue weighted by Gasteiger charge is -2.42. The lowest BCUT2D eigenvalue weighted by Crippen LogP contribution is -2.48. The molecule has 2 fully saturated rings. The molecule has 2 N–H and O–H groups in total. The zero-order valence-corrected chi connectivity index (χ0v) is 17.9. The van der Waals surface area contributed by atoms with E-state index in [0.29, 0.717) is 41.6 Å². The van der Waals surface area contributed by atoms with Gasteiger partial charge < -0.3 is 15.2 Å². The molecule has 0 radical (unpaired) electrons. The monoisotopic (exact) mass is 368 g/mol. The molecule has 0 amide bonds. The highest BCUT2D eigenvalue weighted by atomic mass is 16.5. The Hall–Kier alpha value is -0.810. The van der Waals surface area contributed by atoms with Gasteiger partial charge in [-0.2, -0.15) is 0 Å².